The lowest BCUT2D eigenvalue weighted by molar-refractivity contribution is 0.105. The minimum atomic E-state index is -0.286. The lowest BCUT2D eigenvalue weighted by atomic mass is 10.3. The summed E-state index contributed by atoms with van der Waals surface area (Å²) < 4.78 is 4.96. The van der Waals surface area contributed by atoms with Gasteiger partial charge < -0.3 is 14.5 Å². The molecule has 2 heterocycles. The van der Waals surface area contributed by atoms with Gasteiger partial charge in [0.1, 0.15) is 0 Å². The highest BCUT2D eigenvalue weighted by atomic mass is 32.2. The first kappa shape index (κ1) is 14.7. The van der Waals surface area contributed by atoms with Crippen LogP contribution in [0.1, 0.15) is 6.92 Å². The normalized spacial score (nSPS) is 15.3. The van der Waals surface area contributed by atoms with E-state index >= 15 is 0 Å². The van der Waals surface area contributed by atoms with Gasteiger partial charge in [-0.15, -0.1) is 11.8 Å². The van der Waals surface area contributed by atoms with Gasteiger partial charge in [0.25, 0.3) is 5.56 Å². The summed E-state index contributed by atoms with van der Waals surface area (Å²) >= 11 is 1.37. The molecule has 0 unspecified atom stereocenters. The maximum absolute atomic E-state index is 11.7. The van der Waals surface area contributed by atoms with E-state index in [1.54, 1.807) is 18.0 Å². The predicted octanol–water partition coefficient (Wildman–Crippen LogP) is 0.770. The molecule has 0 spiro atoms. The molecule has 0 aliphatic carbocycles. The lowest BCUT2D eigenvalue weighted by Gasteiger charge is -2.34. The molecule has 1 fully saturated rings. The van der Waals surface area contributed by atoms with E-state index in [1.165, 1.54) is 11.8 Å². The zero-order valence-corrected chi connectivity index (χ0v) is 12.4. The van der Waals surface area contributed by atoms with Gasteiger partial charge in [0, 0.05) is 32.4 Å². The number of hydrogen-bond acceptors (Lipinski definition) is 6. The molecule has 1 amide bonds. The van der Waals surface area contributed by atoms with Crippen LogP contribution >= 0.6 is 11.8 Å². The fraction of sp³-hybridized carbons (Fsp3) is 0.583. The summed E-state index contributed by atoms with van der Waals surface area (Å²) in [6, 6.07) is 0. The summed E-state index contributed by atoms with van der Waals surface area (Å²) in [5.41, 5.74) is -0.129. The predicted molar refractivity (Wildman–Crippen MR) is 77.4 cm³/mol. The monoisotopic (exact) mass is 298 g/mol. The van der Waals surface area contributed by atoms with Crippen molar-refractivity contribution in [3.63, 3.8) is 0 Å². The second-order valence-corrected chi connectivity index (χ2v) is 5.13. The van der Waals surface area contributed by atoms with Crippen molar-refractivity contribution in [1.82, 2.24) is 14.9 Å². The highest BCUT2D eigenvalue weighted by molar-refractivity contribution is 7.98. The Labute approximate surface area is 121 Å². The van der Waals surface area contributed by atoms with Crippen molar-refractivity contribution in [2.45, 2.75) is 11.8 Å². The number of H-pyrrole nitrogens is 1. The van der Waals surface area contributed by atoms with E-state index in [1.807, 2.05) is 11.2 Å². The Morgan fingerprint density at radius 1 is 1.45 bits per heavy atom. The average Bonchev–Trinajstić information content (AvgIpc) is 2.47. The van der Waals surface area contributed by atoms with E-state index in [0.717, 1.165) is 0 Å². The molecular formula is C12H18N4O3S. The fourth-order valence-electron chi connectivity index (χ4n) is 2.00. The van der Waals surface area contributed by atoms with E-state index in [2.05, 4.69) is 9.97 Å². The molecule has 1 N–H and O–H groups in total. The molecule has 0 radical (unpaired) electrons. The third kappa shape index (κ3) is 3.24. The number of carbonyl (C=O) groups is 1. The molecule has 1 aromatic heterocycles. The summed E-state index contributed by atoms with van der Waals surface area (Å²) in [5.74, 6) is 0.552. The van der Waals surface area contributed by atoms with Crippen LogP contribution in [0.3, 0.4) is 0 Å². The van der Waals surface area contributed by atoms with Crippen LogP contribution in [0.25, 0.3) is 0 Å². The molecular weight excluding hydrogens is 280 g/mol. The van der Waals surface area contributed by atoms with Crippen LogP contribution in [0, 0.1) is 0 Å². The molecule has 2 rings (SSSR count). The number of rotatable bonds is 3. The minimum Gasteiger partial charge on any atom is -0.450 e. The number of carbonyl (C=O) groups excluding carboxylic acids is 1. The number of nitrogens with zero attached hydrogens (tertiary/aromatic N) is 3. The standard InChI is InChI=1S/C12H18N4O3S/c1-3-19-12(18)16-6-4-15(5-7-16)11-13-8-9(20-2)10(17)14-11/h8H,3-7H2,1-2H3,(H,13,14,17). The summed E-state index contributed by atoms with van der Waals surface area (Å²) in [6.07, 6.45) is 3.13. The Bertz CT molecular complexity index is 526. The van der Waals surface area contributed by atoms with Gasteiger partial charge in [0.05, 0.1) is 11.5 Å². The summed E-state index contributed by atoms with van der Waals surface area (Å²) in [4.78, 5) is 34.6. The molecule has 110 valence electrons. The SMILES string of the molecule is CCOC(=O)N1CCN(c2ncc(SC)c(=O)[nH]2)CC1. The van der Waals surface area contributed by atoms with Crippen molar-refractivity contribution in [2.75, 3.05) is 43.9 Å². The van der Waals surface area contributed by atoms with Crippen molar-refractivity contribution in [2.24, 2.45) is 0 Å². The Morgan fingerprint density at radius 2 is 2.15 bits per heavy atom. The zero-order chi connectivity index (χ0) is 14.5. The first-order chi connectivity index (χ1) is 9.65. The number of ether oxygens (including phenoxy) is 1. The maximum atomic E-state index is 11.7. The Balaban J connectivity index is 1.98. The van der Waals surface area contributed by atoms with Crippen LogP contribution in [0.4, 0.5) is 10.7 Å². The number of aromatic amines is 1. The van der Waals surface area contributed by atoms with Gasteiger partial charge in [-0.05, 0) is 13.2 Å². The molecule has 7 nitrogen and oxygen atoms in total. The molecule has 0 saturated carbocycles. The molecule has 20 heavy (non-hydrogen) atoms. The van der Waals surface area contributed by atoms with Gasteiger partial charge in [-0.1, -0.05) is 0 Å². The van der Waals surface area contributed by atoms with E-state index in [9.17, 15) is 9.59 Å². The van der Waals surface area contributed by atoms with Gasteiger partial charge >= 0.3 is 6.09 Å². The van der Waals surface area contributed by atoms with Gasteiger partial charge in [-0.2, -0.15) is 0 Å². The first-order valence-electron chi connectivity index (χ1n) is 6.45. The quantitative estimate of drug-likeness (QED) is 0.831. The van der Waals surface area contributed by atoms with Gasteiger partial charge in [0.2, 0.25) is 5.95 Å². The molecule has 0 bridgehead atoms. The molecule has 1 aliphatic heterocycles. The molecule has 0 aromatic carbocycles. The van der Waals surface area contributed by atoms with E-state index in [4.69, 9.17) is 4.74 Å². The zero-order valence-electron chi connectivity index (χ0n) is 11.6. The second kappa shape index (κ2) is 6.65. The number of anilines is 1. The average molecular weight is 298 g/mol. The lowest BCUT2D eigenvalue weighted by Crippen LogP contribution is -2.49. The number of hydrogen-bond donors (Lipinski definition) is 1. The third-order valence-corrected chi connectivity index (χ3v) is 3.81. The third-order valence-electron chi connectivity index (χ3n) is 3.08. The Hall–Kier alpha value is -1.70. The van der Waals surface area contributed by atoms with Crippen molar-refractivity contribution < 1.29 is 9.53 Å². The van der Waals surface area contributed by atoms with Gasteiger partial charge in [0.15, 0.2) is 0 Å². The molecule has 1 aromatic rings. The van der Waals surface area contributed by atoms with Crippen LogP contribution in [-0.4, -0.2) is 60.0 Å². The number of aromatic nitrogens is 2. The number of amides is 1. The number of piperazine rings is 1. The van der Waals surface area contributed by atoms with Gasteiger partial charge in [-0.25, -0.2) is 9.78 Å². The van der Waals surface area contributed by atoms with Crippen LogP contribution in [0.5, 0.6) is 0 Å². The largest absolute Gasteiger partial charge is 0.450 e. The highest BCUT2D eigenvalue weighted by Gasteiger charge is 2.23. The topological polar surface area (TPSA) is 78.5 Å². The van der Waals surface area contributed by atoms with Gasteiger partial charge in [-0.3, -0.25) is 9.78 Å². The Kier molecular flexibility index (Phi) is 4.89. The summed E-state index contributed by atoms with van der Waals surface area (Å²) in [7, 11) is 0. The maximum Gasteiger partial charge on any atom is 0.409 e. The van der Waals surface area contributed by atoms with Crippen LogP contribution in [0.15, 0.2) is 15.9 Å². The van der Waals surface area contributed by atoms with E-state index in [-0.39, 0.29) is 11.7 Å². The highest BCUT2D eigenvalue weighted by Crippen LogP contribution is 2.12. The Morgan fingerprint density at radius 3 is 2.70 bits per heavy atom. The molecule has 1 saturated heterocycles. The molecule has 1 aliphatic rings. The summed E-state index contributed by atoms with van der Waals surface area (Å²) in [6.45, 7) is 4.54. The van der Waals surface area contributed by atoms with Crippen LogP contribution in [-0.2, 0) is 4.74 Å². The van der Waals surface area contributed by atoms with Crippen molar-refractivity contribution >= 4 is 23.8 Å². The smallest absolute Gasteiger partial charge is 0.409 e. The number of nitrogens with one attached hydrogen (secondary N) is 1. The van der Waals surface area contributed by atoms with Crippen LogP contribution < -0.4 is 10.5 Å². The fourth-order valence-corrected chi connectivity index (χ4v) is 2.39. The number of thioether (sulfide) groups is 1. The van der Waals surface area contributed by atoms with E-state index in [0.29, 0.717) is 43.6 Å². The minimum absolute atomic E-state index is 0.129. The second-order valence-electron chi connectivity index (χ2n) is 4.28. The summed E-state index contributed by atoms with van der Waals surface area (Å²) in [5, 5.41) is 0. The van der Waals surface area contributed by atoms with Crippen LogP contribution in [0.2, 0.25) is 0 Å². The van der Waals surface area contributed by atoms with Crippen molar-refractivity contribution in [1.29, 1.82) is 0 Å². The molecule has 0 atom stereocenters. The van der Waals surface area contributed by atoms with E-state index < -0.39 is 0 Å². The first-order valence-corrected chi connectivity index (χ1v) is 7.68. The van der Waals surface area contributed by atoms with Crippen molar-refractivity contribution in [3.8, 4) is 0 Å². The molecule has 8 heteroatoms. The van der Waals surface area contributed by atoms with Crippen molar-refractivity contribution in [3.05, 3.63) is 16.6 Å².